The molecule has 5 heteroatoms. The van der Waals surface area contributed by atoms with Crippen LogP contribution in [0.3, 0.4) is 0 Å². The monoisotopic (exact) mass is 367 g/mol. The number of carbonyl (C=O) groups is 1. The van der Waals surface area contributed by atoms with Crippen LogP contribution < -0.4 is 0 Å². The third kappa shape index (κ3) is 3.93. The average Bonchev–Trinajstić information content (AvgIpc) is 3.34. The SMILES string of the molecule is CCc1ocnc1C(=O)N1CC[C@@]2(CCCN(CCc3ccccc3)C2)C1. The molecule has 5 nitrogen and oxygen atoms in total. The number of aromatic nitrogens is 1. The lowest BCUT2D eigenvalue weighted by Gasteiger charge is -2.40. The Balaban J connectivity index is 1.37. The second-order valence-corrected chi connectivity index (χ2v) is 8.07. The minimum Gasteiger partial charge on any atom is -0.448 e. The zero-order valence-corrected chi connectivity index (χ0v) is 16.2. The minimum atomic E-state index is 0.0406. The van der Waals surface area contributed by atoms with Gasteiger partial charge >= 0.3 is 0 Å². The summed E-state index contributed by atoms with van der Waals surface area (Å²) in [5, 5.41) is 0. The van der Waals surface area contributed by atoms with Crippen molar-refractivity contribution < 1.29 is 9.21 Å². The van der Waals surface area contributed by atoms with E-state index in [4.69, 9.17) is 4.42 Å². The fourth-order valence-electron chi connectivity index (χ4n) is 4.72. The number of aryl methyl sites for hydroxylation is 1. The van der Waals surface area contributed by atoms with E-state index < -0.39 is 0 Å². The maximum Gasteiger partial charge on any atom is 0.276 e. The molecule has 1 spiro atoms. The van der Waals surface area contributed by atoms with Crippen LogP contribution in [0.5, 0.6) is 0 Å². The fourth-order valence-corrected chi connectivity index (χ4v) is 4.72. The molecule has 2 fully saturated rings. The number of hydrogen-bond donors (Lipinski definition) is 0. The van der Waals surface area contributed by atoms with E-state index in [0.29, 0.717) is 17.9 Å². The normalized spacial score (nSPS) is 23.2. The lowest BCUT2D eigenvalue weighted by molar-refractivity contribution is 0.0686. The van der Waals surface area contributed by atoms with Gasteiger partial charge in [0.1, 0.15) is 5.76 Å². The Labute approximate surface area is 161 Å². The number of hydrogen-bond acceptors (Lipinski definition) is 4. The van der Waals surface area contributed by atoms with Crippen LogP contribution >= 0.6 is 0 Å². The minimum absolute atomic E-state index is 0.0406. The molecule has 0 saturated carbocycles. The maximum absolute atomic E-state index is 12.9. The highest BCUT2D eigenvalue weighted by molar-refractivity contribution is 5.93. The first-order valence-electron chi connectivity index (χ1n) is 10.2. The quantitative estimate of drug-likeness (QED) is 0.813. The van der Waals surface area contributed by atoms with Crippen LogP contribution in [0.2, 0.25) is 0 Å². The van der Waals surface area contributed by atoms with Crippen LogP contribution in [0.1, 0.15) is 48.0 Å². The van der Waals surface area contributed by atoms with Crippen LogP contribution in [0, 0.1) is 5.41 Å². The van der Waals surface area contributed by atoms with Gasteiger partial charge in [0.15, 0.2) is 12.1 Å². The Hall–Kier alpha value is -2.14. The van der Waals surface area contributed by atoms with Gasteiger partial charge < -0.3 is 14.2 Å². The summed E-state index contributed by atoms with van der Waals surface area (Å²) in [7, 11) is 0. The van der Waals surface area contributed by atoms with Crippen molar-refractivity contribution in [3.05, 3.63) is 53.7 Å². The van der Waals surface area contributed by atoms with Gasteiger partial charge in [-0.3, -0.25) is 4.79 Å². The van der Waals surface area contributed by atoms with E-state index in [1.54, 1.807) is 0 Å². The van der Waals surface area contributed by atoms with Crippen LogP contribution in [-0.4, -0.2) is 53.4 Å². The Kier molecular flexibility index (Phi) is 5.30. The van der Waals surface area contributed by atoms with Gasteiger partial charge in [-0.15, -0.1) is 0 Å². The molecule has 0 aliphatic carbocycles. The Morgan fingerprint density at radius 3 is 2.85 bits per heavy atom. The van der Waals surface area contributed by atoms with Crippen molar-refractivity contribution in [2.24, 2.45) is 5.41 Å². The fraction of sp³-hybridized carbons (Fsp3) is 0.545. The van der Waals surface area contributed by atoms with E-state index in [1.807, 2.05) is 11.8 Å². The highest BCUT2D eigenvalue weighted by Gasteiger charge is 2.43. The number of benzene rings is 1. The molecule has 0 radical (unpaired) electrons. The number of amides is 1. The van der Waals surface area contributed by atoms with Gasteiger partial charge in [0.25, 0.3) is 5.91 Å². The van der Waals surface area contributed by atoms with Crippen LogP contribution in [0.25, 0.3) is 0 Å². The molecule has 0 N–H and O–H groups in total. The van der Waals surface area contributed by atoms with E-state index in [1.165, 1.54) is 31.3 Å². The highest BCUT2D eigenvalue weighted by Crippen LogP contribution is 2.39. The molecule has 2 aromatic rings. The Morgan fingerprint density at radius 1 is 1.19 bits per heavy atom. The second-order valence-electron chi connectivity index (χ2n) is 8.07. The molecule has 0 bridgehead atoms. The summed E-state index contributed by atoms with van der Waals surface area (Å²) in [6.45, 7) is 7.05. The van der Waals surface area contributed by atoms with Crippen molar-refractivity contribution in [1.29, 1.82) is 0 Å². The van der Waals surface area contributed by atoms with E-state index in [-0.39, 0.29) is 11.3 Å². The highest BCUT2D eigenvalue weighted by atomic mass is 16.3. The first-order chi connectivity index (χ1) is 13.2. The molecule has 3 heterocycles. The standard InChI is InChI=1S/C22H29N3O2/c1-2-19-20(23-17-27-19)21(26)25-14-11-22(16-25)10-6-12-24(15-22)13-9-18-7-4-3-5-8-18/h3-5,7-8,17H,2,6,9-16H2,1H3/t22-/m1/s1. The summed E-state index contributed by atoms with van der Waals surface area (Å²) in [5.74, 6) is 0.743. The molecule has 4 rings (SSSR count). The molecule has 1 amide bonds. The molecule has 1 atom stereocenters. The second kappa shape index (κ2) is 7.85. The first kappa shape index (κ1) is 18.2. The van der Waals surface area contributed by atoms with Crippen molar-refractivity contribution in [2.45, 2.75) is 39.0 Å². The molecule has 2 aliphatic rings. The van der Waals surface area contributed by atoms with Crippen molar-refractivity contribution >= 4 is 5.91 Å². The number of nitrogens with zero attached hydrogens (tertiary/aromatic N) is 3. The van der Waals surface area contributed by atoms with Crippen LogP contribution in [0.15, 0.2) is 41.1 Å². The van der Waals surface area contributed by atoms with Crippen LogP contribution in [0.4, 0.5) is 0 Å². The van der Waals surface area contributed by atoms with Gasteiger partial charge in [-0.2, -0.15) is 0 Å². The maximum atomic E-state index is 12.9. The molecule has 2 aliphatic heterocycles. The molecule has 1 aromatic carbocycles. The van der Waals surface area contributed by atoms with Crippen LogP contribution in [-0.2, 0) is 12.8 Å². The van der Waals surface area contributed by atoms with E-state index in [9.17, 15) is 4.79 Å². The summed E-state index contributed by atoms with van der Waals surface area (Å²) in [4.78, 5) is 21.7. The van der Waals surface area contributed by atoms with E-state index in [2.05, 4.69) is 40.2 Å². The molecule has 0 unspecified atom stereocenters. The van der Waals surface area contributed by atoms with Crippen molar-refractivity contribution in [1.82, 2.24) is 14.8 Å². The van der Waals surface area contributed by atoms with Gasteiger partial charge in [0.2, 0.25) is 0 Å². The zero-order valence-electron chi connectivity index (χ0n) is 16.2. The van der Waals surface area contributed by atoms with E-state index in [0.717, 1.165) is 39.0 Å². The van der Waals surface area contributed by atoms with Crippen molar-refractivity contribution in [3.8, 4) is 0 Å². The number of piperidine rings is 1. The smallest absolute Gasteiger partial charge is 0.276 e. The number of carbonyl (C=O) groups excluding carboxylic acids is 1. The lowest BCUT2D eigenvalue weighted by atomic mass is 9.79. The Morgan fingerprint density at radius 2 is 2.04 bits per heavy atom. The van der Waals surface area contributed by atoms with Gasteiger partial charge in [0.05, 0.1) is 0 Å². The summed E-state index contributed by atoms with van der Waals surface area (Å²) in [6, 6.07) is 10.7. The first-order valence-corrected chi connectivity index (χ1v) is 10.2. The summed E-state index contributed by atoms with van der Waals surface area (Å²) in [5.41, 5.74) is 2.16. The number of likely N-dealkylation sites (tertiary alicyclic amines) is 2. The topological polar surface area (TPSA) is 49.6 Å². The predicted molar refractivity (Wildman–Crippen MR) is 105 cm³/mol. The molecule has 144 valence electrons. The largest absolute Gasteiger partial charge is 0.448 e. The predicted octanol–water partition coefficient (Wildman–Crippen LogP) is 3.41. The van der Waals surface area contributed by atoms with E-state index >= 15 is 0 Å². The molecular formula is C22H29N3O2. The summed E-state index contributed by atoms with van der Waals surface area (Å²) in [6.07, 6.45) is 6.73. The molecule has 1 aromatic heterocycles. The number of rotatable bonds is 5. The summed E-state index contributed by atoms with van der Waals surface area (Å²) < 4.78 is 5.36. The van der Waals surface area contributed by atoms with Gasteiger partial charge in [-0.1, -0.05) is 37.3 Å². The third-order valence-electron chi connectivity index (χ3n) is 6.19. The molecule has 27 heavy (non-hydrogen) atoms. The Bertz CT molecular complexity index is 773. The summed E-state index contributed by atoms with van der Waals surface area (Å²) >= 11 is 0. The molecular weight excluding hydrogens is 338 g/mol. The molecule has 2 saturated heterocycles. The lowest BCUT2D eigenvalue weighted by Crippen LogP contribution is -2.46. The third-order valence-corrected chi connectivity index (χ3v) is 6.19. The van der Waals surface area contributed by atoms with Gasteiger partial charge in [-0.25, -0.2) is 4.98 Å². The number of oxazole rings is 1. The van der Waals surface area contributed by atoms with Gasteiger partial charge in [0, 0.05) is 38.0 Å². The van der Waals surface area contributed by atoms with Crippen molar-refractivity contribution in [2.75, 3.05) is 32.7 Å². The average molecular weight is 367 g/mol. The van der Waals surface area contributed by atoms with Gasteiger partial charge in [-0.05, 0) is 37.8 Å². The van der Waals surface area contributed by atoms with Crippen molar-refractivity contribution in [3.63, 3.8) is 0 Å². The zero-order chi connectivity index (χ0) is 18.7.